The number of hydrogen-bond acceptors (Lipinski definition) is 11. The number of ether oxygens (including phenoxy) is 2. The number of carbonyl (C=O) groups excluding carboxylic acids is 3. The molecule has 0 saturated heterocycles. The van der Waals surface area contributed by atoms with E-state index in [0.29, 0.717) is 23.6 Å². The number of amides is 2. The maximum atomic E-state index is 13.2. The van der Waals surface area contributed by atoms with Crippen molar-refractivity contribution in [1.82, 2.24) is 5.32 Å². The normalized spacial score (nSPS) is 22.3. The number of aliphatic hydroxyl groups is 4. The van der Waals surface area contributed by atoms with E-state index in [1.165, 1.54) is 56.9 Å². The Morgan fingerprint density at radius 3 is 2.32 bits per heavy atom. The lowest BCUT2D eigenvalue weighted by Crippen LogP contribution is -2.62. The lowest BCUT2D eigenvalue weighted by atomic mass is 9.78. The van der Waals surface area contributed by atoms with Crippen molar-refractivity contribution in [1.29, 1.82) is 0 Å². The van der Waals surface area contributed by atoms with Crippen LogP contribution >= 0.6 is 0 Å². The fourth-order valence-corrected chi connectivity index (χ4v) is 5.15. The van der Waals surface area contributed by atoms with Crippen LogP contribution in [0.1, 0.15) is 70.8 Å². The van der Waals surface area contributed by atoms with Crippen molar-refractivity contribution in [3.05, 3.63) is 54.1 Å². The molecule has 0 radical (unpaired) electrons. The highest BCUT2D eigenvalue weighted by molar-refractivity contribution is 5.99. The second-order valence-corrected chi connectivity index (χ2v) is 11.9. The number of phenols is 2. The third-order valence-electron chi connectivity index (χ3n) is 7.90. The van der Waals surface area contributed by atoms with Crippen LogP contribution in [0.2, 0.25) is 0 Å². The van der Waals surface area contributed by atoms with E-state index in [9.17, 15) is 45.0 Å². The minimum absolute atomic E-state index is 0.340. The van der Waals surface area contributed by atoms with Crippen molar-refractivity contribution in [2.24, 2.45) is 0 Å². The molecule has 13 nitrogen and oxygen atoms in total. The van der Waals surface area contributed by atoms with Crippen LogP contribution in [0.15, 0.2) is 48.5 Å². The molecule has 0 bridgehead atoms. The first kappa shape index (κ1) is 37.3. The summed E-state index contributed by atoms with van der Waals surface area (Å²) in [4.78, 5) is 38.7. The highest BCUT2D eigenvalue weighted by Gasteiger charge is 2.51. The number of nitrogens with one attached hydrogen (secondary N) is 2. The van der Waals surface area contributed by atoms with Gasteiger partial charge in [0, 0.05) is 24.6 Å². The van der Waals surface area contributed by atoms with E-state index in [0.717, 1.165) is 18.9 Å². The molecular formula is C34H46N2O11. The van der Waals surface area contributed by atoms with Gasteiger partial charge in [-0.1, -0.05) is 45.1 Å². The minimum Gasteiger partial charge on any atom is -0.504 e. The van der Waals surface area contributed by atoms with Gasteiger partial charge in [-0.15, -0.1) is 0 Å². The molecular weight excluding hydrogens is 612 g/mol. The van der Waals surface area contributed by atoms with Crippen LogP contribution in [-0.2, 0) is 19.1 Å². The van der Waals surface area contributed by atoms with E-state index < -0.39 is 72.4 Å². The van der Waals surface area contributed by atoms with Gasteiger partial charge in [0.05, 0.1) is 18.8 Å². The van der Waals surface area contributed by atoms with E-state index in [2.05, 4.69) is 17.6 Å². The van der Waals surface area contributed by atoms with Crippen LogP contribution in [0, 0.1) is 0 Å². The Labute approximate surface area is 273 Å². The molecule has 0 aromatic heterocycles. The summed E-state index contributed by atoms with van der Waals surface area (Å²) in [6.45, 7) is 4.02. The molecule has 47 heavy (non-hydrogen) atoms. The van der Waals surface area contributed by atoms with Gasteiger partial charge in [0.25, 0.3) is 5.91 Å². The first-order valence-corrected chi connectivity index (χ1v) is 15.8. The summed E-state index contributed by atoms with van der Waals surface area (Å²) in [5.74, 6) is -3.02. The van der Waals surface area contributed by atoms with E-state index in [-0.39, 0.29) is 5.75 Å². The predicted molar refractivity (Wildman–Crippen MR) is 172 cm³/mol. The summed E-state index contributed by atoms with van der Waals surface area (Å²) in [5, 5.41) is 66.2. The van der Waals surface area contributed by atoms with E-state index in [1.807, 2.05) is 0 Å². The molecule has 6 atom stereocenters. The molecule has 1 aliphatic rings. The molecule has 0 heterocycles. The van der Waals surface area contributed by atoms with Crippen molar-refractivity contribution in [2.75, 3.05) is 11.9 Å². The number of aliphatic hydroxyl groups excluding tert-OH is 3. The Bertz CT molecular complexity index is 1360. The number of esters is 1. The van der Waals surface area contributed by atoms with Crippen LogP contribution in [0.3, 0.4) is 0 Å². The number of phenolic OH excluding ortho intramolecular Hbond substituents is 2. The van der Waals surface area contributed by atoms with Crippen molar-refractivity contribution < 1.29 is 54.5 Å². The van der Waals surface area contributed by atoms with Crippen LogP contribution < -0.4 is 15.4 Å². The van der Waals surface area contributed by atoms with Crippen LogP contribution in [0.25, 0.3) is 6.08 Å². The Morgan fingerprint density at radius 1 is 0.979 bits per heavy atom. The molecule has 1 fully saturated rings. The third-order valence-corrected chi connectivity index (χ3v) is 7.90. The van der Waals surface area contributed by atoms with Crippen LogP contribution in [0.4, 0.5) is 5.69 Å². The fourth-order valence-electron chi connectivity index (χ4n) is 5.15. The van der Waals surface area contributed by atoms with E-state index >= 15 is 0 Å². The monoisotopic (exact) mass is 658 g/mol. The number of benzene rings is 2. The maximum absolute atomic E-state index is 13.2. The lowest BCUT2D eigenvalue weighted by molar-refractivity contribution is -0.187. The summed E-state index contributed by atoms with van der Waals surface area (Å²) in [5.41, 5.74) is -1.66. The van der Waals surface area contributed by atoms with Crippen molar-refractivity contribution in [3.8, 4) is 17.2 Å². The molecule has 1 aliphatic carbocycles. The van der Waals surface area contributed by atoms with Gasteiger partial charge >= 0.3 is 5.97 Å². The molecule has 6 unspecified atom stereocenters. The van der Waals surface area contributed by atoms with Gasteiger partial charge in [-0.05, 0) is 61.4 Å². The first-order chi connectivity index (χ1) is 22.3. The topological polar surface area (TPSA) is 215 Å². The van der Waals surface area contributed by atoms with Gasteiger partial charge < -0.3 is 50.7 Å². The smallest absolute Gasteiger partial charge is 0.331 e. The number of carbonyl (C=O) groups is 3. The largest absolute Gasteiger partial charge is 0.504 e. The average molecular weight is 659 g/mol. The summed E-state index contributed by atoms with van der Waals surface area (Å²) in [6, 6.07) is 8.90. The molecule has 0 spiro atoms. The standard InChI is InChI=1S/C34H46N2O11/c1-3-4-5-6-7-8-17-46-24-13-11-23(12-14-24)35-32(43)30(21(2)37)36-33(44)34(45)19-27(40)31(42)28(20-34)47-29(41)16-10-22-9-15-25(38)26(39)18-22/h9-16,18,21,27-28,30-31,37-40,42,45H,3-8,17,19-20H2,1-2H3,(H,35,43)(H,36,44)/b16-10+. The van der Waals surface area contributed by atoms with Crippen molar-refractivity contribution in [2.45, 2.75) is 101 Å². The SMILES string of the molecule is CCCCCCCCOc1ccc(NC(=O)C(NC(=O)C2(O)CC(O)C(O)C(OC(=O)/C=C/c3ccc(O)c(O)c3)C2)C(C)O)cc1. The third kappa shape index (κ3) is 11.2. The second-order valence-electron chi connectivity index (χ2n) is 11.9. The average Bonchev–Trinajstić information content (AvgIpc) is 3.02. The molecule has 2 aromatic rings. The van der Waals surface area contributed by atoms with Gasteiger partial charge in [0.2, 0.25) is 5.91 Å². The van der Waals surface area contributed by atoms with Crippen LogP contribution in [-0.4, -0.2) is 91.1 Å². The Balaban J connectivity index is 1.57. The molecule has 0 aliphatic heterocycles. The zero-order chi connectivity index (χ0) is 34.6. The molecule has 2 aromatic carbocycles. The number of anilines is 1. The van der Waals surface area contributed by atoms with Gasteiger partial charge in [-0.3, -0.25) is 9.59 Å². The zero-order valence-corrected chi connectivity index (χ0v) is 26.7. The van der Waals surface area contributed by atoms with Gasteiger partial charge in [-0.2, -0.15) is 0 Å². The van der Waals surface area contributed by atoms with E-state index in [4.69, 9.17) is 9.47 Å². The first-order valence-electron chi connectivity index (χ1n) is 15.8. The second kappa shape index (κ2) is 17.7. The van der Waals surface area contributed by atoms with Gasteiger partial charge in [-0.25, -0.2) is 4.79 Å². The minimum atomic E-state index is -2.38. The number of unbranched alkanes of at least 4 members (excludes halogenated alkanes) is 5. The van der Waals surface area contributed by atoms with Crippen molar-refractivity contribution in [3.63, 3.8) is 0 Å². The van der Waals surface area contributed by atoms with Crippen LogP contribution in [0.5, 0.6) is 17.2 Å². The molecule has 1 saturated carbocycles. The van der Waals surface area contributed by atoms with Gasteiger partial charge in [0.15, 0.2) is 11.5 Å². The molecule has 13 heteroatoms. The summed E-state index contributed by atoms with van der Waals surface area (Å²) in [6.07, 6.45) is 1.60. The predicted octanol–water partition coefficient (Wildman–Crippen LogP) is 2.51. The zero-order valence-electron chi connectivity index (χ0n) is 26.7. The Hall–Kier alpha value is -4.17. The maximum Gasteiger partial charge on any atom is 0.331 e. The molecule has 2 amide bonds. The Kier molecular flexibility index (Phi) is 14.0. The summed E-state index contributed by atoms with van der Waals surface area (Å²) < 4.78 is 11.0. The lowest BCUT2D eigenvalue weighted by Gasteiger charge is -2.41. The van der Waals surface area contributed by atoms with E-state index in [1.54, 1.807) is 24.3 Å². The Morgan fingerprint density at radius 2 is 1.66 bits per heavy atom. The quantitative estimate of drug-likeness (QED) is 0.0568. The van der Waals surface area contributed by atoms with Crippen molar-refractivity contribution >= 4 is 29.5 Å². The summed E-state index contributed by atoms with van der Waals surface area (Å²) in [7, 11) is 0. The van der Waals surface area contributed by atoms with Gasteiger partial charge in [0.1, 0.15) is 29.6 Å². The number of rotatable bonds is 16. The highest BCUT2D eigenvalue weighted by Crippen LogP contribution is 2.32. The summed E-state index contributed by atoms with van der Waals surface area (Å²) >= 11 is 0. The fraction of sp³-hybridized carbons (Fsp3) is 0.500. The number of hydrogen-bond donors (Lipinski definition) is 8. The highest BCUT2D eigenvalue weighted by atomic mass is 16.6. The molecule has 3 rings (SSSR count). The molecule has 258 valence electrons. The molecule has 8 N–H and O–H groups in total. The number of aromatic hydroxyl groups is 2.